The van der Waals surface area contributed by atoms with Crippen LogP contribution in [0.2, 0.25) is 0 Å². The molecule has 286 valence electrons. The molecule has 0 spiro atoms. The summed E-state index contributed by atoms with van der Waals surface area (Å²) in [5.41, 5.74) is 21.5. The van der Waals surface area contributed by atoms with Crippen molar-refractivity contribution < 1.29 is 0 Å². The zero-order chi connectivity index (χ0) is 40.6. The molecule has 0 aliphatic heterocycles. The van der Waals surface area contributed by atoms with Crippen molar-refractivity contribution in [3.8, 4) is 77.9 Å². The lowest BCUT2D eigenvalue weighted by Gasteiger charge is -2.34. The van der Waals surface area contributed by atoms with Gasteiger partial charge in [-0.25, -0.2) is 0 Å². The van der Waals surface area contributed by atoms with E-state index in [1.54, 1.807) is 0 Å². The lowest BCUT2D eigenvalue weighted by Crippen LogP contribution is -2.28. The van der Waals surface area contributed by atoms with Crippen LogP contribution in [-0.4, -0.2) is 0 Å². The molecule has 0 unspecified atom stereocenters. The predicted octanol–water partition coefficient (Wildman–Crippen LogP) is 16.1. The first-order valence-electron chi connectivity index (χ1n) is 21.2. The predicted molar refractivity (Wildman–Crippen MR) is 256 cm³/mol. The zero-order valence-corrected chi connectivity index (χ0v) is 33.7. The number of rotatable bonds is 8. The lowest BCUT2D eigenvalue weighted by atomic mass is 9.67. The van der Waals surface area contributed by atoms with Crippen LogP contribution in [0.1, 0.15) is 22.3 Å². The number of hydrogen-bond donors (Lipinski definition) is 0. The van der Waals surface area contributed by atoms with E-state index in [9.17, 15) is 0 Å². The van der Waals surface area contributed by atoms with E-state index in [-0.39, 0.29) is 0 Å². The third kappa shape index (κ3) is 6.51. The Morgan fingerprint density at radius 2 is 0.393 bits per heavy atom. The van der Waals surface area contributed by atoms with Crippen molar-refractivity contribution in [3.05, 3.63) is 277 Å². The highest BCUT2D eigenvalue weighted by atomic mass is 14.5. The number of hydrogen-bond acceptors (Lipinski definition) is 0. The maximum Gasteiger partial charge on any atom is 0.0714 e. The second-order valence-electron chi connectivity index (χ2n) is 16.0. The monoisotopic (exact) mass is 774 g/mol. The van der Waals surface area contributed by atoms with Gasteiger partial charge in [-0.3, -0.25) is 0 Å². The molecule has 10 aromatic rings. The second-order valence-corrected chi connectivity index (χ2v) is 16.0. The van der Waals surface area contributed by atoms with E-state index in [0.717, 1.165) is 0 Å². The van der Waals surface area contributed by atoms with Crippen LogP contribution in [0.15, 0.2) is 255 Å². The Morgan fingerprint density at radius 3 is 0.672 bits per heavy atom. The molecule has 0 bridgehead atoms. The van der Waals surface area contributed by atoms with Crippen molar-refractivity contribution in [1.82, 2.24) is 0 Å². The van der Waals surface area contributed by atoms with E-state index < -0.39 is 5.41 Å². The summed E-state index contributed by atoms with van der Waals surface area (Å²) >= 11 is 0. The van der Waals surface area contributed by atoms with Gasteiger partial charge in [-0.2, -0.15) is 0 Å². The van der Waals surface area contributed by atoms with Crippen molar-refractivity contribution in [2.45, 2.75) is 5.41 Å². The molecule has 0 N–H and O–H groups in total. The molecule has 11 rings (SSSR count). The van der Waals surface area contributed by atoms with Crippen molar-refractivity contribution in [2.24, 2.45) is 0 Å². The van der Waals surface area contributed by atoms with Gasteiger partial charge in [-0.05, 0) is 112 Å². The molecule has 61 heavy (non-hydrogen) atoms. The Labute approximate surface area is 358 Å². The highest BCUT2D eigenvalue weighted by molar-refractivity contribution is 5.91. The van der Waals surface area contributed by atoms with Gasteiger partial charge in [0.05, 0.1) is 5.41 Å². The minimum absolute atomic E-state index is 0.602. The zero-order valence-electron chi connectivity index (χ0n) is 33.7. The van der Waals surface area contributed by atoms with E-state index in [1.807, 2.05) is 0 Å². The number of benzene rings is 10. The maximum absolute atomic E-state index is 2.47. The fourth-order valence-electron chi connectivity index (χ4n) is 9.53. The van der Waals surface area contributed by atoms with Gasteiger partial charge < -0.3 is 0 Å². The van der Waals surface area contributed by atoms with Crippen LogP contribution in [0.5, 0.6) is 0 Å². The molecule has 0 fully saturated rings. The van der Waals surface area contributed by atoms with Gasteiger partial charge in [0.15, 0.2) is 0 Å². The molecule has 1 aliphatic carbocycles. The van der Waals surface area contributed by atoms with E-state index in [1.165, 1.54) is 100 Å². The highest BCUT2D eigenvalue weighted by Crippen LogP contribution is 2.58. The molecule has 0 amide bonds. The molecule has 0 nitrogen and oxygen atoms in total. The van der Waals surface area contributed by atoms with Crippen LogP contribution in [-0.2, 0) is 5.41 Å². The summed E-state index contributed by atoms with van der Waals surface area (Å²) in [6.07, 6.45) is 0. The molecule has 0 heteroatoms. The van der Waals surface area contributed by atoms with Crippen LogP contribution in [0, 0.1) is 0 Å². The summed E-state index contributed by atoms with van der Waals surface area (Å²) in [6, 6.07) is 93.7. The Morgan fingerprint density at radius 1 is 0.180 bits per heavy atom. The second kappa shape index (κ2) is 15.4. The van der Waals surface area contributed by atoms with Gasteiger partial charge in [0, 0.05) is 0 Å². The first kappa shape index (κ1) is 36.3. The molecular weight excluding hydrogens is 733 g/mol. The fraction of sp³-hybridized carbons (Fsp3) is 0.0164. The van der Waals surface area contributed by atoms with Crippen LogP contribution >= 0.6 is 0 Å². The van der Waals surface area contributed by atoms with Crippen LogP contribution in [0.25, 0.3) is 77.9 Å². The quantitative estimate of drug-likeness (QED) is 0.144. The van der Waals surface area contributed by atoms with Gasteiger partial charge in [0.1, 0.15) is 0 Å². The van der Waals surface area contributed by atoms with Crippen LogP contribution < -0.4 is 0 Å². The molecule has 0 radical (unpaired) electrons. The third-order valence-corrected chi connectivity index (χ3v) is 12.6. The lowest BCUT2D eigenvalue weighted by molar-refractivity contribution is 0.769. The number of fused-ring (bicyclic) bond motifs is 3. The summed E-state index contributed by atoms with van der Waals surface area (Å²) in [6.45, 7) is 0. The Kier molecular flexibility index (Phi) is 9.17. The van der Waals surface area contributed by atoms with Crippen molar-refractivity contribution in [1.29, 1.82) is 0 Å². The van der Waals surface area contributed by atoms with E-state index in [2.05, 4.69) is 255 Å². The highest BCUT2D eigenvalue weighted by Gasteiger charge is 2.46. The fourth-order valence-corrected chi connectivity index (χ4v) is 9.53. The molecule has 0 aromatic heterocycles. The molecule has 1 aliphatic rings. The van der Waals surface area contributed by atoms with Crippen molar-refractivity contribution in [3.63, 3.8) is 0 Å². The van der Waals surface area contributed by atoms with Crippen LogP contribution in [0.3, 0.4) is 0 Å². The standard InChI is InChI=1S/C61H42/c1-5-13-43(14-6-1)47-21-25-51(26-22-47)53-33-39-57-58-40-34-54(52-27-23-48(24-28-52)44-15-7-2-8-16-44)42-60(58)61(59(57)41-53,55-35-29-49(30-36-55)45-17-9-3-10-18-45)56-37-31-50(32-38-56)46-19-11-4-12-20-46/h1-42H. The molecular formula is C61H42. The van der Waals surface area contributed by atoms with E-state index >= 15 is 0 Å². The van der Waals surface area contributed by atoms with Gasteiger partial charge >= 0.3 is 0 Å². The average Bonchev–Trinajstić information content (AvgIpc) is 3.65. The van der Waals surface area contributed by atoms with Crippen molar-refractivity contribution >= 4 is 0 Å². The summed E-state index contributed by atoms with van der Waals surface area (Å²) in [5.74, 6) is 0. The summed E-state index contributed by atoms with van der Waals surface area (Å²) < 4.78 is 0. The topological polar surface area (TPSA) is 0 Å². The smallest absolute Gasteiger partial charge is 0.0622 e. The van der Waals surface area contributed by atoms with Gasteiger partial charge in [0.25, 0.3) is 0 Å². The molecule has 0 heterocycles. The summed E-state index contributed by atoms with van der Waals surface area (Å²) in [5, 5.41) is 0. The maximum atomic E-state index is 2.47. The SMILES string of the molecule is c1ccc(-c2ccc(-c3ccc4c(c3)C(c3ccc(-c5ccccc5)cc3)(c3ccc(-c5ccccc5)cc3)c3cc(-c5ccc(-c6ccccc6)cc5)ccc3-4)cc2)cc1. The van der Waals surface area contributed by atoms with Gasteiger partial charge in [0.2, 0.25) is 0 Å². The van der Waals surface area contributed by atoms with E-state index in [0.29, 0.717) is 0 Å². The van der Waals surface area contributed by atoms with Crippen LogP contribution in [0.4, 0.5) is 0 Å². The Bertz CT molecular complexity index is 2870. The molecule has 0 saturated carbocycles. The molecule has 0 atom stereocenters. The Balaban J connectivity index is 1.12. The molecule has 0 saturated heterocycles. The average molecular weight is 775 g/mol. The Hall–Kier alpha value is -7.80. The summed E-state index contributed by atoms with van der Waals surface area (Å²) in [4.78, 5) is 0. The largest absolute Gasteiger partial charge is 0.0714 e. The minimum Gasteiger partial charge on any atom is -0.0622 e. The minimum atomic E-state index is -0.602. The first-order chi connectivity index (χ1) is 30.2. The van der Waals surface area contributed by atoms with E-state index in [4.69, 9.17) is 0 Å². The summed E-state index contributed by atoms with van der Waals surface area (Å²) in [7, 11) is 0. The normalized spacial score (nSPS) is 12.4. The molecule has 10 aromatic carbocycles. The first-order valence-corrected chi connectivity index (χ1v) is 21.2. The van der Waals surface area contributed by atoms with Gasteiger partial charge in [-0.1, -0.05) is 243 Å². The van der Waals surface area contributed by atoms with Crippen molar-refractivity contribution in [2.75, 3.05) is 0 Å². The third-order valence-electron chi connectivity index (χ3n) is 12.6. The van der Waals surface area contributed by atoms with Gasteiger partial charge in [-0.15, -0.1) is 0 Å².